The molecule has 0 radical (unpaired) electrons. The van der Waals surface area contributed by atoms with Crippen LogP contribution < -0.4 is 10.6 Å². The molecule has 1 heterocycles. The maximum atomic E-state index is 12.9. The number of hydrogen-bond acceptors (Lipinski definition) is 3. The van der Waals surface area contributed by atoms with E-state index < -0.39 is 6.04 Å². The van der Waals surface area contributed by atoms with Crippen molar-refractivity contribution in [3.8, 4) is 5.69 Å². The van der Waals surface area contributed by atoms with E-state index in [0.29, 0.717) is 5.82 Å². The van der Waals surface area contributed by atoms with Gasteiger partial charge in [-0.15, -0.1) is 0 Å². The molecule has 1 unspecified atom stereocenters. The summed E-state index contributed by atoms with van der Waals surface area (Å²) in [6, 6.07) is 24.7. The molecule has 1 aromatic heterocycles. The maximum absolute atomic E-state index is 12.9. The van der Waals surface area contributed by atoms with Crippen molar-refractivity contribution in [2.75, 3.05) is 5.32 Å². The van der Waals surface area contributed by atoms with Gasteiger partial charge in [0.1, 0.15) is 6.04 Å². The van der Waals surface area contributed by atoms with E-state index in [0.717, 1.165) is 22.0 Å². The number of carbonyl (C=O) groups is 2. The van der Waals surface area contributed by atoms with E-state index in [1.165, 1.54) is 0 Å². The summed E-state index contributed by atoms with van der Waals surface area (Å²) in [6.45, 7) is 3.81. The van der Waals surface area contributed by atoms with E-state index in [4.69, 9.17) is 0 Å². The summed E-state index contributed by atoms with van der Waals surface area (Å²) in [5.74, 6) is -0.117. The van der Waals surface area contributed by atoms with Crippen molar-refractivity contribution in [1.82, 2.24) is 15.1 Å². The number of amides is 2. The molecule has 0 bridgehead atoms. The van der Waals surface area contributed by atoms with Gasteiger partial charge in [0.15, 0.2) is 5.82 Å². The lowest BCUT2D eigenvalue weighted by molar-refractivity contribution is -0.127. The molecule has 2 amide bonds. The van der Waals surface area contributed by atoms with Gasteiger partial charge in [-0.1, -0.05) is 74.5 Å². The highest BCUT2D eigenvalue weighted by Gasteiger charge is 2.25. The number of nitrogens with one attached hydrogen (secondary N) is 2. The van der Waals surface area contributed by atoms with E-state index in [-0.39, 0.29) is 24.2 Å². The normalized spacial score (nSPS) is 12.0. The Hall–Kier alpha value is -3.93. The average molecular weight is 427 g/mol. The Balaban J connectivity index is 1.40. The van der Waals surface area contributed by atoms with Crippen LogP contribution in [0.1, 0.15) is 19.4 Å². The first kappa shape index (κ1) is 21.3. The van der Waals surface area contributed by atoms with Crippen LogP contribution in [0.4, 0.5) is 5.82 Å². The van der Waals surface area contributed by atoms with Crippen LogP contribution in [0, 0.1) is 5.92 Å². The minimum atomic E-state index is -0.662. The predicted octanol–water partition coefficient (Wildman–Crippen LogP) is 4.35. The first-order valence-corrected chi connectivity index (χ1v) is 10.7. The third-order valence-electron chi connectivity index (χ3n) is 5.31. The highest BCUT2D eigenvalue weighted by molar-refractivity contribution is 5.97. The van der Waals surface area contributed by atoms with Crippen LogP contribution >= 0.6 is 0 Å². The standard InChI is InChI=1S/C26H26N4O2/c1-18(2)25(26(32)27-23-14-15-30(29-23)22-10-4-3-5-11-22)28-24(31)17-19-12-13-20-8-6-7-9-21(20)16-19/h3-16,18,25H,17H2,1-2H3,(H,28,31)(H,27,29,32). The number of nitrogens with zero attached hydrogens (tertiary/aromatic N) is 2. The third-order valence-corrected chi connectivity index (χ3v) is 5.31. The largest absolute Gasteiger partial charge is 0.344 e. The smallest absolute Gasteiger partial charge is 0.248 e. The fourth-order valence-electron chi connectivity index (χ4n) is 3.61. The zero-order valence-electron chi connectivity index (χ0n) is 18.2. The second kappa shape index (κ2) is 9.47. The molecular formula is C26H26N4O2. The lowest BCUT2D eigenvalue weighted by Crippen LogP contribution is -2.47. The lowest BCUT2D eigenvalue weighted by atomic mass is 10.0. The number of fused-ring (bicyclic) bond motifs is 1. The molecule has 6 heteroatoms. The molecular weight excluding hydrogens is 400 g/mol. The van der Waals surface area contributed by atoms with Gasteiger partial charge >= 0.3 is 0 Å². The van der Waals surface area contributed by atoms with Crippen molar-refractivity contribution in [3.63, 3.8) is 0 Å². The molecule has 162 valence electrons. The van der Waals surface area contributed by atoms with Gasteiger partial charge in [-0.25, -0.2) is 4.68 Å². The summed E-state index contributed by atoms with van der Waals surface area (Å²) < 4.78 is 1.69. The van der Waals surface area contributed by atoms with Crippen LogP contribution in [0.25, 0.3) is 16.5 Å². The van der Waals surface area contributed by atoms with Gasteiger partial charge in [0, 0.05) is 12.3 Å². The van der Waals surface area contributed by atoms with Crippen LogP contribution in [0.2, 0.25) is 0 Å². The van der Waals surface area contributed by atoms with Gasteiger partial charge in [0.2, 0.25) is 11.8 Å². The van der Waals surface area contributed by atoms with Crippen molar-refractivity contribution in [2.45, 2.75) is 26.3 Å². The van der Waals surface area contributed by atoms with Crippen LogP contribution in [0.3, 0.4) is 0 Å². The van der Waals surface area contributed by atoms with E-state index in [1.54, 1.807) is 16.9 Å². The van der Waals surface area contributed by atoms with Crippen molar-refractivity contribution in [3.05, 3.63) is 90.6 Å². The summed E-state index contributed by atoms with van der Waals surface area (Å²) in [7, 11) is 0. The summed E-state index contributed by atoms with van der Waals surface area (Å²) in [5, 5.41) is 12.3. The van der Waals surface area contributed by atoms with Gasteiger partial charge in [-0.2, -0.15) is 5.10 Å². The number of aromatic nitrogens is 2. The van der Waals surface area contributed by atoms with Gasteiger partial charge in [0.05, 0.1) is 12.1 Å². The Morgan fingerprint density at radius 1 is 0.906 bits per heavy atom. The molecule has 0 fully saturated rings. The van der Waals surface area contributed by atoms with E-state index >= 15 is 0 Å². The fraction of sp³-hybridized carbons (Fsp3) is 0.192. The number of anilines is 1. The highest BCUT2D eigenvalue weighted by Crippen LogP contribution is 2.16. The molecule has 0 aliphatic heterocycles. The summed E-state index contributed by atoms with van der Waals surface area (Å²) in [4.78, 5) is 25.6. The minimum absolute atomic E-state index is 0.0771. The first-order chi connectivity index (χ1) is 15.5. The van der Waals surface area contributed by atoms with Crippen molar-refractivity contribution < 1.29 is 9.59 Å². The Kier molecular flexibility index (Phi) is 6.31. The van der Waals surface area contributed by atoms with Gasteiger partial charge in [-0.3, -0.25) is 9.59 Å². The van der Waals surface area contributed by atoms with Gasteiger partial charge in [-0.05, 0) is 34.4 Å². The Morgan fingerprint density at radius 3 is 2.38 bits per heavy atom. The fourth-order valence-corrected chi connectivity index (χ4v) is 3.61. The molecule has 4 rings (SSSR count). The molecule has 0 saturated heterocycles. The van der Waals surface area contributed by atoms with Crippen molar-refractivity contribution in [1.29, 1.82) is 0 Å². The molecule has 1 atom stereocenters. The maximum Gasteiger partial charge on any atom is 0.248 e. The Labute approximate surface area is 187 Å². The number of carbonyl (C=O) groups excluding carboxylic acids is 2. The van der Waals surface area contributed by atoms with E-state index in [1.807, 2.05) is 86.6 Å². The molecule has 32 heavy (non-hydrogen) atoms. The topological polar surface area (TPSA) is 76.0 Å². The van der Waals surface area contributed by atoms with Gasteiger partial charge < -0.3 is 10.6 Å². The predicted molar refractivity (Wildman–Crippen MR) is 127 cm³/mol. The van der Waals surface area contributed by atoms with E-state index in [9.17, 15) is 9.59 Å². The molecule has 0 aliphatic carbocycles. The van der Waals surface area contributed by atoms with Crippen LogP contribution in [-0.2, 0) is 16.0 Å². The number of hydrogen-bond donors (Lipinski definition) is 2. The molecule has 3 aromatic carbocycles. The van der Waals surface area contributed by atoms with Crippen LogP contribution in [-0.4, -0.2) is 27.6 Å². The Morgan fingerprint density at radius 2 is 1.62 bits per heavy atom. The summed E-state index contributed by atoms with van der Waals surface area (Å²) >= 11 is 0. The first-order valence-electron chi connectivity index (χ1n) is 10.7. The average Bonchev–Trinajstić information content (AvgIpc) is 3.26. The summed E-state index contributed by atoms with van der Waals surface area (Å²) in [5.41, 5.74) is 1.81. The number of benzene rings is 3. The molecule has 6 nitrogen and oxygen atoms in total. The molecule has 0 aliphatic rings. The molecule has 0 saturated carbocycles. The van der Waals surface area contributed by atoms with Crippen molar-refractivity contribution >= 4 is 28.4 Å². The van der Waals surface area contributed by atoms with Crippen molar-refractivity contribution in [2.24, 2.45) is 5.92 Å². The lowest BCUT2D eigenvalue weighted by Gasteiger charge is -2.21. The monoisotopic (exact) mass is 426 g/mol. The zero-order chi connectivity index (χ0) is 22.5. The summed E-state index contributed by atoms with van der Waals surface area (Å²) in [6.07, 6.45) is 2.00. The quantitative estimate of drug-likeness (QED) is 0.461. The molecule has 4 aromatic rings. The molecule has 2 N–H and O–H groups in total. The second-order valence-electron chi connectivity index (χ2n) is 8.12. The number of para-hydroxylation sites is 1. The third kappa shape index (κ3) is 5.03. The highest BCUT2D eigenvalue weighted by atomic mass is 16.2. The zero-order valence-corrected chi connectivity index (χ0v) is 18.2. The Bertz CT molecular complexity index is 1230. The van der Waals surface area contributed by atoms with Gasteiger partial charge in [0.25, 0.3) is 0 Å². The minimum Gasteiger partial charge on any atom is -0.344 e. The molecule has 0 spiro atoms. The second-order valence-corrected chi connectivity index (χ2v) is 8.12. The van der Waals surface area contributed by atoms with Crippen LogP contribution in [0.5, 0.6) is 0 Å². The number of rotatable bonds is 7. The SMILES string of the molecule is CC(C)C(NC(=O)Cc1ccc2ccccc2c1)C(=O)Nc1ccn(-c2ccccc2)n1. The van der Waals surface area contributed by atoms with Crippen LogP contribution in [0.15, 0.2) is 85.1 Å². The van der Waals surface area contributed by atoms with E-state index in [2.05, 4.69) is 15.7 Å².